The molecule has 194 valence electrons. The van der Waals surface area contributed by atoms with Gasteiger partial charge in [0.2, 0.25) is 0 Å². The maximum Gasteiger partial charge on any atom is 0.465 e. The number of hydrogen-bond acceptors (Lipinski definition) is 9. The molecule has 1 aliphatic heterocycles. The predicted molar refractivity (Wildman–Crippen MR) is 108 cm³/mol. The number of alkyl halides is 2. The van der Waals surface area contributed by atoms with Crippen LogP contribution in [0.2, 0.25) is 0 Å². The van der Waals surface area contributed by atoms with Gasteiger partial charge in [-0.2, -0.15) is 17.2 Å². The molecule has 10 nitrogen and oxygen atoms in total. The highest BCUT2D eigenvalue weighted by Gasteiger charge is 2.71. The first-order valence-electron chi connectivity index (χ1n) is 11.9. The van der Waals surface area contributed by atoms with Crippen molar-refractivity contribution in [2.24, 2.45) is 40.9 Å². The van der Waals surface area contributed by atoms with Crippen LogP contribution in [0.15, 0.2) is 0 Å². The summed E-state index contributed by atoms with van der Waals surface area (Å²) in [6.07, 6.45) is 2.44. The highest BCUT2D eigenvalue weighted by atomic mass is 32.2. The third-order valence-corrected chi connectivity index (χ3v) is 10.1. The van der Waals surface area contributed by atoms with Crippen LogP contribution in [-0.2, 0) is 38.7 Å². The number of carbonyl (C=O) groups is 3. The smallest absolute Gasteiger partial charge is 0.465 e. The van der Waals surface area contributed by atoms with Crippen LogP contribution >= 0.6 is 0 Å². The van der Waals surface area contributed by atoms with Crippen LogP contribution in [0.1, 0.15) is 44.9 Å². The van der Waals surface area contributed by atoms with Crippen LogP contribution in [0.5, 0.6) is 0 Å². The van der Waals surface area contributed by atoms with E-state index in [4.69, 9.17) is 18.8 Å². The molecule has 1 saturated heterocycles. The second-order valence-electron chi connectivity index (χ2n) is 11.7. The molecule has 2 N–H and O–H groups in total. The summed E-state index contributed by atoms with van der Waals surface area (Å²) >= 11 is 0. The van der Waals surface area contributed by atoms with Crippen LogP contribution in [0.3, 0.4) is 0 Å². The van der Waals surface area contributed by atoms with Gasteiger partial charge >= 0.3 is 33.3 Å². The zero-order valence-electron chi connectivity index (χ0n) is 18.6. The largest absolute Gasteiger partial charge is 0.465 e. The maximum absolute atomic E-state index is 13.8. The molecule has 7 rings (SSSR count). The summed E-state index contributed by atoms with van der Waals surface area (Å²) in [4.78, 5) is 37.6. The number of rotatable bonds is 6. The topological polar surface area (TPSA) is 154 Å². The summed E-state index contributed by atoms with van der Waals surface area (Å²) in [5.74, 6) is -6.53. The molecule has 0 amide bonds. The lowest BCUT2D eigenvalue weighted by Gasteiger charge is -2.59. The Bertz CT molecular complexity index is 1090. The first kappa shape index (κ1) is 23.5. The lowest BCUT2D eigenvalue weighted by atomic mass is 9.48. The quantitative estimate of drug-likeness (QED) is 0.295. The molecule has 0 spiro atoms. The fourth-order valence-electron chi connectivity index (χ4n) is 8.66. The van der Waals surface area contributed by atoms with E-state index in [0.717, 1.165) is 32.1 Å². The van der Waals surface area contributed by atoms with E-state index in [9.17, 15) is 36.7 Å². The number of esters is 3. The SMILES string of the molecule is O=C1OC2C3CC(C2OC(=O)C(F)(F)S(=O)(=O)O)C(C(=O)OCC24CC5CC(CC(O)(C5)C2)C4)C13. The third-order valence-electron chi connectivity index (χ3n) is 9.29. The Morgan fingerprint density at radius 2 is 1.77 bits per heavy atom. The number of hydrogen-bond donors (Lipinski definition) is 2. The van der Waals surface area contributed by atoms with Crippen molar-refractivity contribution in [2.45, 2.75) is 68.0 Å². The van der Waals surface area contributed by atoms with E-state index in [1.807, 2.05) is 0 Å². The van der Waals surface area contributed by atoms with Crippen molar-refractivity contribution in [3.8, 4) is 0 Å². The van der Waals surface area contributed by atoms with Gasteiger partial charge in [-0.25, -0.2) is 4.79 Å². The fraction of sp³-hybridized carbons (Fsp3) is 0.864. The zero-order valence-corrected chi connectivity index (χ0v) is 19.4. The van der Waals surface area contributed by atoms with Crippen molar-refractivity contribution in [2.75, 3.05) is 6.61 Å². The molecule has 35 heavy (non-hydrogen) atoms. The summed E-state index contributed by atoms with van der Waals surface area (Å²) in [6, 6.07) is 0. The molecule has 0 radical (unpaired) electrons. The van der Waals surface area contributed by atoms with E-state index in [1.54, 1.807) is 0 Å². The van der Waals surface area contributed by atoms with E-state index in [2.05, 4.69) is 0 Å². The molecule has 8 unspecified atom stereocenters. The second-order valence-corrected chi connectivity index (χ2v) is 13.1. The van der Waals surface area contributed by atoms with Crippen LogP contribution in [0.4, 0.5) is 8.78 Å². The van der Waals surface area contributed by atoms with Crippen LogP contribution in [0, 0.1) is 40.9 Å². The predicted octanol–water partition coefficient (Wildman–Crippen LogP) is 1.06. The third kappa shape index (κ3) is 3.37. The Balaban J connectivity index is 1.18. The van der Waals surface area contributed by atoms with Crippen molar-refractivity contribution in [3.05, 3.63) is 0 Å². The molecule has 7 fully saturated rings. The van der Waals surface area contributed by atoms with Gasteiger partial charge in [0.15, 0.2) is 0 Å². The van der Waals surface area contributed by atoms with Gasteiger partial charge in [0.25, 0.3) is 0 Å². The molecule has 13 heteroatoms. The minimum Gasteiger partial charge on any atom is -0.465 e. The molecule has 0 aromatic heterocycles. The Hall–Kier alpha value is -1.86. The van der Waals surface area contributed by atoms with Gasteiger partial charge in [-0.05, 0) is 56.8 Å². The molecule has 6 bridgehead atoms. The Labute approximate surface area is 199 Å². The Morgan fingerprint density at radius 1 is 1.11 bits per heavy atom. The van der Waals surface area contributed by atoms with Crippen molar-refractivity contribution in [1.29, 1.82) is 0 Å². The van der Waals surface area contributed by atoms with E-state index in [-0.39, 0.29) is 18.4 Å². The number of carbonyl (C=O) groups excluding carboxylic acids is 3. The van der Waals surface area contributed by atoms with E-state index < -0.39 is 74.8 Å². The standard InChI is InChI=1S/C22H26F2O10S/c23-22(24,35(29,30)31)19(27)34-16-11-2-12-14(18(26)33-15(12)16)13(11)17(25)32-8-20-3-9-1-10(4-20)6-21(28,5-9)7-20/h9-16,28H,1-8H2,(H,29,30,31). The van der Waals surface area contributed by atoms with Crippen molar-refractivity contribution < 1.29 is 55.5 Å². The van der Waals surface area contributed by atoms with Gasteiger partial charge in [0.1, 0.15) is 12.2 Å². The molecule has 1 heterocycles. The monoisotopic (exact) mass is 520 g/mol. The molecule has 0 aromatic carbocycles. The van der Waals surface area contributed by atoms with Crippen molar-refractivity contribution in [3.63, 3.8) is 0 Å². The number of fused-ring (bicyclic) bond motifs is 1. The summed E-state index contributed by atoms with van der Waals surface area (Å²) in [5.41, 5.74) is -1.09. The van der Waals surface area contributed by atoms with E-state index >= 15 is 0 Å². The van der Waals surface area contributed by atoms with Crippen molar-refractivity contribution >= 4 is 28.0 Å². The minimum absolute atomic E-state index is 0.0749. The van der Waals surface area contributed by atoms with E-state index in [0.29, 0.717) is 18.3 Å². The molecule has 6 saturated carbocycles. The van der Waals surface area contributed by atoms with Crippen molar-refractivity contribution in [1.82, 2.24) is 0 Å². The lowest BCUT2D eigenvalue weighted by Crippen LogP contribution is -2.57. The van der Waals surface area contributed by atoms with Gasteiger partial charge < -0.3 is 19.3 Å². The van der Waals surface area contributed by atoms with Gasteiger partial charge in [-0.15, -0.1) is 0 Å². The summed E-state index contributed by atoms with van der Waals surface area (Å²) in [6.45, 7) is 0.0749. The Kier molecular flexibility index (Phi) is 4.79. The first-order valence-corrected chi connectivity index (χ1v) is 13.3. The molecule has 7 aliphatic rings. The van der Waals surface area contributed by atoms with Crippen LogP contribution in [-0.4, -0.2) is 65.7 Å². The molecular formula is C22H26F2O10S. The van der Waals surface area contributed by atoms with Gasteiger partial charge in [0.05, 0.1) is 24.0 Å². The highest BCUT2D eigenvalue weighted by molar-refractivity contribution is 7.87. The summed E-state index contributed by atoms with van der Waals surface area (Å²) in [5, 5.41) is 5.72. The van der Waals surface area contributed by atoms with Gasteiger partial charge in [-0.1, -0.05) is 0 Å². The number of ether oxygens (including phenoxy) is 3. The average molecular weight is 521 g/mol. The number of halogens is 2. The minimum atomic E-state index is -6.07. The lowest BCUT2D eigenvalue weighted by molar-refractivity contribution is -0.192. The average Bonchev–Trinajstić information content (AvgIpc) is 3.33. The summed E-state index contributed by atoms with van der Waals surface area (Å²) < 4.78 is 73.7. The highest BCUT2D eigenvalue weighted by Crippen LogP contribution is 2.62. The molecule has 8 atom stereocenters. The number of aliphatic hydroxyl groups is 1. The first-order chi connectivity index (χ1) is 16.2. The van der Waals surface area contributed by atoms with Gasteiger partial charge in [0, 0.05) is 17.3 Å². The molecular weight excluding hydrogens is 494 g/mol. The summed E-state index contributed by atoms with van der Waals surface area (Å²) in [7, 11) is -6.07. The van der Waals surface area contributed by atoms with E-state index in [1.165, 1.54) is 0 Å². The van der Waals surface area contributed by atoms with Crippen LogP contribution < -0.4 is 0 Å². The second kappa shape index (κ2) is 7.12. The molecule has 0 aromatic rings. The zero-order chi connectivity index (χ0) is 25.1. The van der Waals surface area contributed by atoms with Crippen LogP contribution in [0.25, 0.3) is 0 Å². The Morgan fingerprint density at radius 3 is 2.37 bits per heavy atom. The normalized spacial score (nSPS) is 47.1. The fourth-order valence-corrected chi connectivity index (χ4v) is 8.92. The maximum atomic E-state index is 13.8. The van der Waals surface area contributed by atoms with Gasteiger partial charge in [-0.3, -0.25) is 14.1 Å². The molecule has 6 aliphatic carbocycles.